The molecule has 25 heavy (non-hydrogen) atoms. The minimum Gasteiger partial charge on any atom is -0.508 e. The lowest BCUT2D eigenvalue weighted by atomic mass is 10.00. The van der Waals surface area contributed by atoms with Crippen LogP contribution < -0.4 is 4.74 Å². The lowest BCUT2D eigenvalue weighted by molar-refractivity contribution is 0.461. The molecule has 0 aromatic heterocycles. The van der Waals surface area contributed by atoms with Gasteiger partial charge in [-0.15, -0.1) is 0 Å². The van der Waals surface area contributed by atoms with Gasteiger partial charge in [-0.05, 0) is 66.3 Å². The summed E-state index contributed by atoms with van der Waals surface area (Å²) >= 11 is 0. The molecule has 3 rings (SSSR count). The molecule has 0 heterocycles. The Hall–Kier alpha value is -2.74. The molecule has 0 radical (unpaired) electrons. The molecule has 0 aliphatic carbocycles. The summed E-state index contributed by atoms with van der Waals surface area (Å²) < 4.78 is 6.02. The van der Waals surface area contributed by atoms with Crippen molar-refractivity contribution in [2.45, 2.75) is 32.6 Å². The van der Waals surface area contributed by atoms with Crippen molar-refractivity contribution in [2.75, 3.05) is 0 Å². The average Bonchev–Trinajstić information content (AvgIpc) is 2.65. The van der Waals surface area contributed by atoms with Gasteiger partial charge in [0.05, 0.1) is 0 Å². The Morgan fingerprint density at radius 3 is 2.20 bits per heavy atom. The van der Waals surface area contributed by atoms with Crippen LogP contribution in [0.1, 0.15) is 30.0 Å². The monoisotopic (exact) mass is 332 g/mol. The zero-order valence-corrected chi connectivity index (χ0v) is 14.6. The van der Waals surface area contributed by atoms with Crippen LogP contribution in [0.2, 0.25) is 0 Å². The third-order valence-corrected chi connectivity index (χ3v) is 4.25. The molecule has 2 nitrogen and oxygen atoms in total. The highest BCUT2D eigenvalue weighted by Gasteiger charge is 2.07. The number of phenols is 1. The number of hydrogen-bond acceptors (Lipinski definition) is 2. The fourth-order valence-electron chi connectivity index (χ4n) is 2.93. The number of hydrogen-bond donors (Lipinski definition) is 1. The van der Waals surface area contributed by atoms with Crippen molar-refractivity contribution in [3.63, 3.8) is 0 Å². The quantitative estimate of drug-likeness (QED) is 0.582. The summed E-state index contributed by atoms with van der Waals surface area (Å²) in [6.07, 6.45) is 4.14. The molecule has 0 amide bonds. The average molecular weight is 332 g/mol. The van der Waals surface area contributed by atoms with E-state index < -0.39 is 0 Å². The Morgan fingerprint density at radius 2 is 1.48 bits per heavy atom. The van der Waals surface area contributed by atoms with Crippen molar-refractivity contribution >= 4 is 0 Å². The van der Waals surface area contributed by atoms with Gasteiger partial charge in [0.15, 0.2) is 0 Å². The molecule has 0 unspecified atom stereocenters. The SMILES string of the molecule is CCCc1cc(CCc2ccccc2)ccc1Oc1ccc(O)cc1. The first-order valence-electron chi connectivity index (χ1n) is 8.87. The Morgan fingerprint density at radius 1 is 0.760 bits per heavy atom. The summed E-state index contributed by atoms with van der Waals surface area (Å²) in [6.45, 7) is 2.18. The Labute approximate surface area is 149 Å². The van der Waals surface area contributed by atoms with Crippen molar-refractivity contribution in [1.82, 2.24) is 0 Å². The van der Waals surface area contributed by atoms with Crippen LogP contribution in [-0.4, -0.2) is 5.11 Å². The third-order valence-electron chi connectivity index (χ3n) is 4.25. The molecule has 0 fully saturated rings. The van der Waals surface area contributed by atoms with E-state index in [2.05, 4.69) is 55.5 Å². The first-order chi connectivity index (χ1) is 12.2. The molecule has 0 spiro atoms. The van der Waals surface area contributed by atoms with E-state index in [1.807, 2.05) is 0 Å². The molecule has 0 aliphatic rings. The van der Waals surface area contributed by atoms with E-state index in [1.165, 1.54) is 16.7 Å². The number of benzene rings is 3. The zero-order valence-electron chi connectivity index (χ0n) is 14.6. The summed E-state index contributed by atoms with van der Waals surface area (Å²) in [5.74, 6) is 1.89. The smallest absolute Gasteiger partial charge is 0.130 e. The first kappa shape index (κ1) is 17.1. The maximum absolute atomic E-state index is 9.40. The van der Waals surface area contributed by atoms with Gasteiger partial charge in [0, 0.05) is 0 Å². The fourth-order valence-corrected chi connectivity index (χ4v) is 2.93. The molecule has 3 aromatic rings. The van der Waals surface area contributed by atoms with Gasteiger partial charge >= 0.3 is 0 Å². The Kier molecular flexibility index (Phi) is 5.73. The lowest BCUT2D eigenvalue weighted by Gasteiger charge is -2.13. The molecule has 2 heteroatoms. The fraction of sp³-hybridized carbons (Fsp3) is 0.217. The second kappa shape index (κ2) is 8.39. The van der Waals surface area contributed by atoms with Crippen molar-refractivity contribution in [3.8, 4) is 17.2 Å². The van der Waals surface area contributed by atoms with Gasteiger partial charge in [0.25, 0.3) is 0 Å². The van der Waals surface area contributed by atoms with E-state index in [4.69, 9.17) is 4.74 Å². The summed E-state index contributed by atoms with van der Waals surface area (Å²) in [6, 6.07) is 23.9. The van der Waals surface area contributed by atoms with E-state index in [9.17, 15) is 5.11 Å². The van der Waals surface area contributed by atoms with Crippen LogP contribution in [0.5, 0.6) is 17.2 Å². The summed E-state index contributed by atoms with van der Waals surface area (Å²) in [7, 11) is 0. The summed E-state index contributed by atoms with van der Waals surface area (Å²) in [5, 5.41) is 9.40. The molecule has 0 atom stereocenters. The van der Waals surface area contributed by atoms with Crippen LogP contribution in [0, 0.1) is 0 Å². The van der Waals surface area contributed by atoms with Gasteiger partial charge < -0.3 is 9.84 Å². The molecule has 0 saturated heterocycles. The molecular weight excluding hydrogens is 308 g/mol. The first-order valence-corrected chi connectivity index (χ1v) is 8.87. The highest BCUT2D eigenvalue weighted by molar-refractivity contribution is 5.42. The van der Waals surface area contributed by atoms with Crippen LogP contribution in [0.15, 0.2) is 72.8 Å². The summed E-state index contributed by atoms with van der Waals surface area (Å²) in [4.78, 5) is 0. The van der Waals surface area contributed by atoms with Crippen LogP contribution in [-0.2, 0) is 19.3 Å². The molecule has 0 saturated carbocycles. The Bertz CT molecular complexity index is 792. The number of aryl methyl sites for hydroxylation is 3. The highest BCUT2D eigenvalue weighted by atomic mass is 16.5. The van der Waals surface area contributed by atoms with E-state index in [-0.39, 0.29) is 5.75 Å². The molecule has 0 aliphatic heterocycles. The summed E-state index contributed by atoms with van der Waals surface area (Å²) in [5.41, 5.74) is 3.94. The topological polar surface area (TPSA) is 29.5 Å². The zero-order chi connectivity index (χ0) is 17.5. The maximum Gasteiger partial charge on any atom is 0.130 e. The van der Waals surface area contributed by atoms with E-state index in [0.29, 0.717) is 0 Å². The molecule has 0 bridgehead atoms. The number of aromatic hydroxyl groups is 1. The second-order valence-corrected chi connectivity index (χ2v) is 6.27. The van der Waals surface area contributed by atoms with E-state index >= 15 is 0 Å². The standard InChI is InChI=1S/C23H24O2/c1-2-6-20-17-19(10-9-18-7-4-3-5-8-18)11-16-23(20)25-22-14-12-21(24)13-15-22/h3-5,7-8,11-17,24H,2,6,9-10H2,1H3. The number of ether oxygens (including phenoxy) is 1. The van der Waals surface area contributed by atoms with Crippen LogP contribution in [0.25, 0.3) is 0 Å². The van der Waals surface area contributed by atoms with E-state index in [0.717, 1.165) is 37.2 Å². The van der Waals surface area contributed by atoms with Crippen molar-refractivity contribution in [3.05, 3.63) is 89.5 Å². The minimum absolute atomic E-state index is 0.248. The second-order valence-electron chi connectivity index (χ2n) is 6.27. The minimum atomic E-state index is 0.248. The normalized spacial score (nSPS) is 10.6. The maximum atomic E-state index is 9.40. The van der Waals surface area contributed by atoms with Gasteiger partial charge in [-0.2, -0.15) is 0 Å². The van der Waals surface area contributed by atoms with Crippen LogP contribution in [0.3, 0.4) is 0 Å². The van der Waals surface area contributed by atoms with E-state index in [1.54, 1.807) is 24.3 Å². The predicted molar refractivity (Wildman–Crippen MR) is 102 cm³/mol. The highest BCUT2D eigenvalue weighted by Crippen LogP contribution is 2.29. The molecule has 128 valence electrons. The number of rotatable bonds is 7. The molecule has 3 aromatic carbocycles. The van der Waals surface area contributed by atoms with Crippen molar-refractivity contribution in [2.24, 2.45) is 0 Å². The van der Waals surface area contributed by atoms with Crippen LogP contribution in [0.4, 0.5) is 0 Å². The van der Waals surface area contributed by atoms with Crippen molar-refractivity contribution < 1.29 is 9.84 Å². The van der Waals surface area contributed by atoms with Gasteiger partial charge in [-0.25, -0.2) is 0 Å². The van der Waals surface area contributed by atoms with Gasteiger partial charge in [-0.3, -0.25) is 0 Å². The van der Waals surface area contributed by atoms with Gasteiger partial charge in [0.1, 0.15) is 17.2 Å². The Balaban J connectivity index is 1.74. The van der Waals surface area contributed by atoms with Gasteiger partial charge in [0.2, 0.25) is 0 Å². The predicted octanol–water partition coefficient (Wildman–Crippen LogP) is 5.92. The third kappa shape index (κ3) is 4.87. The molecule has 1 N–H and O–H groups in total. The number of phenolic OH excluding ortho intramolecular Hbond substituents is 1. The molecular formula is C23H24O2. The van der Waals surface area contributed by atoms with Crippen LogP contribution >= 0.6 is 0 Å². The lowest BCUT2D eigenvalue weighted by Crippen LogP contribution is -1.96. The van der Waals surface area contributed by atoms with Crippen molar-refractivity contribution in [1.29, 1.82) is 0 Å². The van der Waals surface area contributed by atoms with Gasteiger partial charge in [-0.1, -0.05) is 55.8 Å². The largest absolute Gasteiger partial charge is 0.508 e.